The summed E-state index contributed by atoms with van der Waals surface area (Å²) in [6.45, 7) is 11.6. The molecule has 0 bridgehead atoms. The fourth-order valence-electron chi connectivity index (χ4n) is 2.82. The van der Waals surface area contributed by atoms with Gasteiger partial charge < -0.3 is 0 Å². The molecule has 0 aromatic carbocycles. The molecule has 0 saturated carbocycles. The van der Waals surface area contributed by atoms with Crippen molar-refractivity contribution in [3.05, 3.63) is 0 Å². The molecule has 2 atom stereocenters. The summed E-state index contributed by atoms with van der Waals surface area (Å²) >= 11 is 0. The fourth-order valence-corrected chi connectivity index (χ4v) is 2.82. The topological polar surface area (TPSA) is 32.5 Å². The SMILES string of the molecule is CC(C)N1CC2CN(N)C[C@@]2(C)C1. The van der Waals surface area contributed by atoms with E-state index in [1.54, 1.807) is 0 Å². The highest BCUT2D eigenvalue weighted by atomic mass is 15.4. The van der Waals surface area contributed by atoms with Gasteiger partial charge in [0, 0.05) is 32.2 Å². The lowest BCUT2D eigenvalue weighted by Crippen LogP contribution is -2.37. The molecule has 0 aliphatic carbocycles. The van der Waals surface area contributed by atoms with E-state index in [4.69, 9.17) is 5.84 Å². The van der Waals surface area contributed by atoms with Gasteiger partial charge in [-0.15, -0.1) is 0 Å². The van der Waals surface area contributed by atoms with E-state index in [9.17, 15) is 0 Å². The zero-order valence-electron chi connectivity index (χ0n) is 8.95. The molecule has 76 valence electrons. The summed E-state index contributed by atoms with van der Waals surface area (Å²) in [5.74, 6) is 6.64. The molecule has 13 heavy (non-hydrogen) atoms. The van der Waals surface area contributed by atoms with Crippen LogP contribution in [-0.2, 0) is 0 Å². The highest BCUT2D eigenvalue weighted by Crippen LogP contribution is 2.41. The van der Waals surface area contributed by atoms with Crippen LogP contribution in [0.2, 0.25) is 0 Å². The van der Waals surface area contributed by atoms with E-state index >= 15 is 0 Å². The first-order valence-corrected chi connectivity index (χ1v) is 5.25. The first kappa shape index (κ1) is 9.44. The van der Waals surface area contributed by atoms with Gasteiger partial charge in [-0.1, -0.05) is 6.92 Å². The summed E-state index contributed by atoms with van der Waals surface area (Å²) in [6.07, 6.45) is 0. The Bertz CT molecular complexity index is 204. The van der Waals surface area contributed by atoms with Crippen LogP contribution in [0, 0.1) is 11.3 Å². The van der Waals surface area contributed by atoms with Gasteiger partial charge in [0.2, 0.25) is 0 Å². The van der Waals surface area contributed by atoms with Crippen molar-refractivity contribution in [1.29, 1.82) is 0 Å². The number of rotatable bonds is 1. The van der Waals surface area contributed by atoms with Crippen LogP contribution in [-0.4, -0.2) is 42.1 Å². The van der Waals surface area contributed by atoms with E-state index in [1.807, 2.05) is 5.01 Å². The van der Waals surface area contributed by atoms with Gasteiger partial charge in [0.25, 0.3) is 0 Å². The lowest BCUT2D eigenvalue weighted by atomic mass is 9.83. The Morgan fingerprint density at radius 3 is 2.54 bits per heavy atom. The van der Waals surface area contributed by atoms with Crippen LogP contribution < -0.4 is 5.84 Å². The molecule has 0 aromatic rings. The Hall–Kier alpha value is -0.120. The zero-order chi connectivity index (χ0) is 9.64. The maximum atomic E-state index is 5.85. The van der Waals surface area contributed by atoms with Crippen molar-refractivity contribution in [2.45, 2.75) is 26.8 Å². The summed E-state index contributed by atoms with van der Waals surface area (Å²) in [6, 6.07) is 0.689. The van der Waals surface area contributed by atoms with Gasteiger partial charge in [0.05, 0.1) is 0 Å². The molecule has 3 nitrogen and oxygen atoms in total. The quantitative estimate of drug-likeness (QED) is 0.602. The summed E-state index contributed by atoms with van der Waals surface area (Å²) in [5, 5.41) is 1.99. The maximum absolute atomic E-state index is 5.85. The van der Waals surface area contributed by atoms with Crippen LogP contribution >= 0.6 is 0 Å². The minimum Gasteiger partial charge on any atom is -0.300 e. The van der Waals surface area contributed by atoms with Crippen molar-refractivity contribution in [1.82, 2.24) is 9.91 Å². The van der Waals surface area contributed by atoms with Gasteiger partial charge in [-0.3, -0.25) is 10.7 Å². The highest BCUT2D eigenvalue weighted by molar-refractivity contribution is 5.01. The Morgan fingerprint density at radius 1 is 1.31 bits per heavy atom. The predicted molar refractivity (Wildman–Crippen MR) is 54.1 cm³/mol. The van der Waals surface area contributed by atoms with Crippen LogP contribution in [0.25, 0.3) is 0 Å². The van der Waals surface area contributed by atoms with E-state index in [1.165, 1.54) is 13.1 Å². The smallest absolute Gasteiger partial charge is 0.0198 e. The first-order chi connectivity index (χ1) is 6.01. The van der Waals surface area contributed by atoms with E-state index in [0.29, 0.717) is 11.5 Å². The molecule has 1 unspecified atom stereocenters. The molecule has 2 saturated heterocycles. The summed E-state index contributed by atoms with van der Waals surface area (Å²) in [4.78, 5) is 2.58. The fraction of sp³-hybridized carbons (Fsp3) is 1.00. The number of nitrogens with zero attached hydrogens (tertiary/aromatic N) is 2. The Morgan fingerprint density at radius 2 is 2.00 bits per heavy atom. The standard InChI is InChI=1S/C10H21N3/c1-8(2)12-4-9-5-13(11)7-10(9,3)6-12/h8-9H,4-7,11H2,1-3H3/t9?,10-/m1/s1. The van der Waals surface area contributed by atoms with Crippen molar-refractivity contribution in [2.24, 2.45) is 17.2 Å². The molecule has 2 aliphatic heterocycles. The molecular formula is C10H21N3. The molecule has 2 heterocycles. The lowest BCUT2D eigenvalue weighted by molar-refractivity contribution is 0.201. The number of fused-ring (bicyclic) bond motifs is 1. The van der Waals surface area contributed by atoms with Crippen molar-refractivity contribution >= 4 is 0 Å². The molecule has 2 rings (SSSR count). The number of hydrazine groups is 1. The lowest BCUT2D eigenvalue weighted by Gasteiger charge is -2.25. The van der Waals surface area contributed by atoms with Gasteiger partial charge in [-0.05, 0) is 25.2 Å². The monoisotopic (exact) mass is 183 g/mol. The largest absolute Gasteiger partial charge is 0.300 e. The van der Waals surface area contributed by atoms with Crippen LogP contribution in [0.1, 0.15) is 20.8 Å². The van der Waals surface area contributed by atoms with Gasteiger partial charge in [0.1, 0.15) is 0 Å². The van der Waals surface area contributed by atoms with Gasteiger partial charge in [0.15, 0.2) is 0 Å². The molecule has 0 spiro atoms. The number of hydrogen-bond acceptors (Lipinski definition) is 3. The number of hydrogen-bond donors (Lipinski definition) is 1. The van der Waals surface area contributed by atoms with E-state index < -0.39 is 0 Å². The Kier molecular flexibility index (Phi) is 2.13. The van der Waals surface area contributed by atoms with E-state index in [0.717, 1.165) is 19.0 Å². The normalized spacial score (nSPS) is 41.8. The van der Waals surface area contributed by atoms with Crippen LogP contribution in [0.3, 0.4) is 0 Å². The van der Waals surface area contributed by atoms with Gasteiger partial charge in [-0.25, -0.2) is 5.01 Å². The minimum atomic E-state index is 0.457. The van der Waals surface area contributed by atoms with Crippen LogP contribution in [0.5, 0.6) is 0 Å². The zero-order valence-corrected chi connectivity index (χ0v) is 8.95. The summed E-state index contributed by atoms with van der Waals surface area (Å²) in [5.41, 5.74) is 0.457. The molecule has 0 radical (unpaired) electrons. The van der Waals surface area contributed by atoms with Gasteiger partial charge in [-0.2, -0.15) is 0 Å². The first-order valence-electron chi connectivity index (χ1n) is 5.25. The molecule has 2 N–H and O–H groups in total. The maximum Gasteiger partial charge on any atom is 0.0198 e. The summed E-state index contributed by atoms with van der Waals surface area (Å²) in [7, 11) is 0. The molecule has 0 aromatic heterocycles. The third-order valence-electron chi connectivity index (χ3n) is 3.75. The van der Waals surface area contributed by atoms with Crippen LogP contribution in [0.4, 0.5) is 0 Å². The second-order valence-electron chi connectivity index (χ2n) is 5.30. The molecule has 0 amide bonds. The number of nitrogens with two attached hydrogens (primary N) is 1. The average molecular weight is 183 g/mol. The third kappa shape index (κ3) is 1.49. The molecule has 2 aliphatic rings. The second-order valence-corrected chi connectivity index (χ2v) is 5.30. The van der Waals surface area contributed by atoms with Crippen molar-refractivity contribution in [3.63, 3.8) is 0 Å². The van der Waals surface area contributed by atoms with Crippen LogP contribution in [0.15, 0.2) is 0 Å². The third-order valence-corrected chi connectivity index (χ3v) is 3.75. The summed E-state index contributed by atoms with van der Waals surface area (Å²) < 4.78 is 0. The minimum absolute atomic E-state index is 0.457. The predicted octanol–water partition coefficient (Wildman–Crippen LogP) is 0.522. The molecular weight excluding hydrogens is 162 g/mol. The Labute approximate surface area is 80.8 Å². The molecule has 3 heteroatoms. The van der Waals surface area contributed by atoms with E-state index in [2.05, 4.69) is 25.7 Å². The number of likely N-dealkylation sites (tertiary alicyclic amines) is 1. The second kappa shape index (κ2) is 2.94. The Balaban J connectivity index is 2.06. The average Bonchev–Trinajstić information content (AvgIpc) is 2.38. The van der Waals surface area contributed by atoms with E-state index in [-0.39, 0.29) is 0 Å². The van der Waals surface area contributed by atoms with Crippen molar-refractivity contribution in [2.75, 3.05) is 26.2 Å². The molecule has 2 fully saturated rings. The van der Waals surface area contributed by atoms with Crippen molar-refractivity contribution in [3.8, 4) is 0 Å². The highest BCUT2D eigenvalue weighted by Gasteiger charge is 2.48. The van der Waals surface area contributed by atoms with Gasteiger partial charge >= 0.3 is 0 Å². The van der Waals surface area contributed by atoms with Crippen molar-refractivity contribution < 1.29 is 0 Å².